The quantitative estimate of drug-likeness (QED) is 0.501. The molecule has 1 unspecified atom stereocenters. The van der Waals surface area contributed by atoms with E-state index < -0.39 is 11.0 Å². The molecule has 1 N–H and O–H groups in total. The first-order chi connectivity index (χ1) is 11.4. The normalized spacial score (nSPS) is 11.8. The molecule has 0 aliphatic rings. The van der Waals surface area contributed by atoms with Crippen molar-refractivity contribution in [2.75, 3.05) is 0 Å². The van der Waals surface area contributed by atoms with E-state index in [-0.39, 0.29) is 28.9 Å². The molecule has 124 valence electrons. The molecule has 24 heavy (non-hydrogen) atoms. The van der Waals surface area contributed by atoms with Crippen molar-refractivity contribution in [1.82, 2.24) is 5.32 Å². The second kappa shape index (κ2) is 7.50. The van der Waals surface area contributed by atoms with Crippen molar-refractivity contribution < 1.29 is 14.5 Å². The minimum absolute atomic E-state index is 0.155. The number of carbonyl (C=O) groups excluding carboxylic acids is 2. The Hall–Kier alpha value is -3.02. The monoisotopic (exact) mass is 326 g/mol. The number of carbonyl (C=O) groups is 2. The number of hydrogen-bond acceptors (Lipinski definition) is 4. The van der Waals surface area contributed by atoms with Crippen LogP contribution >= 0.6 is 0 Å². The number of rotatable bonds is 6. The summed E-state index contributed by atoms with van der Waals surface area (Å²) in [4.78, 5) is 35.3. The maximum Gasteiger partial charge on any atom is 0.270 e. The van der Waals surface area contributed by atoms with E-state index >= 15 is 0 Å². The average molecular weight is 326 g/mol. The zero-order chi connectivity index (χ0) is 17.7. The van der Waals surface area contributed by atoms with Gasteiger partial charge in [-0.2, -0.15) is 0 Å². The van der Waals surface area contributed by atoms with Gasteiger partial charge in [0.15, 0.2) is 5.78 Å². The highest BCUT2D eigenvalue weighted by Gasteiger charge is 2.26. The fraction of sp³-hybridized carbons (Fsp3) is 0.222. The summed E-state index contributed by atoms with van der Waals surface area (Å²) in [5, 5.41) is 13.6. The molecular weight excluding hydrogens is 308 g/mol. The number of amides is 1. The lowest BCUT2D eigenvalue weighted by molar-refractivity contribution is -0.384. The Morgan fingerprint density at radius 2 is 1.62 bits per heavy atom. The van der Waals surface area contributed by atoms with E-state index in [4.69, 9.17) is 0 Å². The van der Waals surface area contributed by atoms with Gasteiger partial charge in [0.1, 0.15) is 0 Å². The van der Waals surface area contributed by atoms with Gasteiger partial charge in [0, 0.05) is 23.3 Å². The predicted octanol–water partition coefficient (Wildman–Crippen LogP) is 3.23. The first-order valence-corrected chi connectivity index (χ1v) is 7.54. The van der Waals surface area contributed by atoms with E-state index in [0.717, 1.165) is 0 Å². The number of nitro groups is 1. The lowest BCUT2D eigenvalue weighted by Crippen LogP contribution is -2.44. The van der Waals surface area contributed by atoms with Crippen LogP contribution in [-0.4, -0.2) is 22.7 Å². The molecule has 2 aromatic rings. The number of nitro benzene ring substituents is 1. The Labute approximate surface area is 139 Å². The van der Waals surface area contributed by atoms with E-state index in [1.54, 1.807) is 30.3 Å². The third-order valence-electron chi connectivity index (χ3n) is 3.61. The van der Waals surface area contributed by atoms with Crippen LogP contribution in [0.3, 0.4) is 0 Å². The molecule has 0 bridgehead atoms. The number of nitrogens with zero attached hydrogens (tertiary/aromatic N) is 1. The first-order valence-electron chi connectivity index (χ1n) is 7.54. The molecule has 6 nitrogen and oxygen atoms in total. The van der Waals surface area contributed by atoms with Crippen LogP contribution in [0, 0.1) is 16.0 Å². The van der Waals surface area contributed by atoms with Crippen LogP contribution < -0.4 is 5.32 Å². The van der Waals surface area contributed by atoms with E-state index in [2.05, 4.69) is 5.32 Å². The standard InChI is InChI=1S/C18H18N2O4/c1-12(2)16(19-18(22)13-7-4-3-5-8-13)17(21)14-9-6-10-15(11-14)20(23)24/h3-12,16H,1-2H3,(H,19,22). The molecule has 1 amide bonds. The molecule has 2 rings (SSSR count). The van der Waals surface area contributed by atoms with Crippen molar-refractivity contribution in [3.63, 3.8) is 0 Å². The van der Waals surface area contributed by atoms with Crippen LogP contribution in [0.1, 0.15) is 34.6 Å². The average Bonchev–Trinajstić information content (AvgIpc) is 2.59. The van der Waals surface area contributed by atoms with Gasteiger partial charge in [-0.15, -0.1) is 0 Å². The number of non-ortho nitro benzene ring substituents is 1. The summed E-state index contributed by atoms with van der Waals surface area (Å²) in [6, 6.07) is 13.3. The number of Topliss-reactive ketones (excluding diaryl/α,β-unsaturated/α-hetero) is 1. The van der Waals surface area contributed by atoms with Crippen LogP contribution in [0.4, 0.5) is 5.69 Å². The third kappa shape index (κ3) is 4.04. The number of ketones is 1. The molecule has 0 radical (unpaired) electrons. The maximum atomic E-state index is 12.7. The van der Waals surface area contributed by atoms with Gasteiger partial charge in [-0.3, -0.25) is 19.7 Å². The maximum absolute atomic E-state index is 12.7. The SMILES string of the molecule is CC(C)C(NC(=O)c1ccccc1)C(=O)c1cccc([N+](=O)[O-])c1. The van der Waals surface area contributed by atoms with E-state index in [1.165, 1.54) is 24.3 Å². The lowest BCUT2D eigenvalue weighted by atomic mass is 9.94. The summed E-state index contributed by atoms with van der Waals surface area (Å²) < 4.78 is 0. The molecule has 0 fully saturated rings. The lowest BCUT2D eigenvalue weighted by Gasteiger charge is -2.21. The van der Waals surface area contributed by atoms with E-state index in [0.29, 0.717) is 5.56 Å². The van der Waals surface area contributed by atoms with Gasteiger partial charge >= 0.3 is 0 Å². The molecule has 0 aliphatic heterocycles. The Bertz CT molecular complexity index is 757. The fourth-order valence-corrected chi connectivity index (χ4v) is 2.30. The summed E-state index contributed by atoms with van der Waals surface area (Å²) in [6.45, 7) is 3.62. The molecule has 0 saturated carbocycles. The van der Waals surface area contributed by atoms with Gasteiger partial charge in [0.05, 0.1) is 11.0 Å². The highest BCUT2D eigenvalue weighted by Crippen LogP contribution is 2.17. The van der Waals surface area contributed by atoms with Crippen molar-refractivity contribution >= 4 is 17.4 Å². The molecule has 0 saturated heterocycles. The summed E-state index contributed by atoms with van der Waals surface area (Å²) in [5.41, 5.74) is 0.504. The molecule has 0 aliphatic carbocycles. The third-order valence-corrected chi connectivity index (χ3v) is 3.61. The van der Waals surface area contributed by atoms with Crippen molar-refractivity contribution in [1.29, 1.82) is 0 Å². The Morgan fingerprint density at radius 1 is 1.00 bits per heavy atom. The van der Waals surface area contributed by atoms with Gasteiger partial charge in [0.25, 0.3) is 11.6 Å². The molecule has 2 aromatic carbocycles. The van der Waals surface area contributed by atoms with Crippen LogP contribution in [-0.2, 0) is 0 Å². The molecule has 1 atom stereocenters. The van der Waals surface area contributed by atoms with E-state index in [9.17, 15) is 19.7 Å². The molecule has 0 heterocycles. The number of hydrogen-bond donors (Lipinski definition) is 1. The van der Waals surface area contributed by atoms with Crippen molar-refractivity contribution in [2.24, 2.45) is 5.92 Å². The second-order valence-electron chi connectivity index (χ2n) is 5.73. The number of benzene rings is 2. The zero-order valence-electron chi connectivity index (χ0n) is 13.4. The molecule has 0 aromatic heterocycles. The molecule has 0 spiro atoms. The van der Waals surface area contributed by atoms with Crippen molar-refractivity contribution in [2.45, 2.75) is 19.9 Å². The largest absolute Gasteiger partial charge is 0.342 e. The topological polar surface area (TPSA) is 89.3 Å². The second-order valence-corrected chi connectivity index (χ2v) is 5.73. The first kappa shape index (κ1) is 17.3. The number of nitrogens with one attached hydrogen (secondary N) is 1. The van der Waals surface area contributed by atoms with Gasteiger partial charge in [-0.1, -0.05) is 44.2 Å². The van der Waals surface area contributed by atoms with Gasteiger partial charge < -0.3 is 5.32 Å². The fourth-order valence-electron chi connectivity index (χ4n) is 2.30. The minimum Gasteiger partial charge on any atom is -0.342 e. The van der Waals surface area contributed by atoms with Crippen LogP contribution in [0.2, 0.25) is 0 Å². The van der Waals surface area contributed by atoms with Gasteiger partial charge in [0.2, 0.25) is 0 Å². The highest BCUT2D eigenvalue weighted by atomic mass is 16.6. The van der Waals surface area contributed by atoms with Crippen LogP contribution in [0.15, 0.2) is 54.6 Å². The predicted molar refractivity (Wildman–Crippen MR) is 90.0 cm³/mol. The molecular formula is C18H18N2O4. The smallest absolute Gasteiger partial charge is 0.270 e. The van der Waals surface area contributed by atoms with E-state index in [1.807, 2.05) is 13.8 Å². The Kier molecular flexibility index (Phi) is 5.42. The Balaban J connectivity index is 2.24. The van der Waals surface area contributed by atoms with Crippen LogP contribution in [0.25, 0.3) is 0 Å². The van der Waals surface area contributed by atoms with Crippen molar-refractivity contribution in [3.8, 4) is 0 Å². The Morgan fingerprint density at radius 3 is 2.21 bits per heavy atom. The summed E-state index contributed by atoms with van der Waals surface area (Å²) >= 11 is 0. The van der Waals surface area contributed by atoms with Crippen molar-refractivity contribution in [3.05, 3.63) is 75.8 Å². The van der Waals surface area contributed by atoms with Gasteiger partial charge in [-0.25, -0.2) is 0 Å². The highest BCUT2D eigenvalue weighted by molar-refractivity contribution is 6.04. The zero-order valence-corrected chi connectivity index (χ0v) is 13.4. The summed E-state index contributed by atoms with van der Waals surface area (Å²) in [5.74, 6) is -0.865. The minimum atomic E-state index is -0.764. The summed E-state index contributed by atoms with van der Waals surface area (Å²) in [6.07, 6.45) is 0. The van der Waals surface area contributed by atoms with Crippen LogP contribution in [0.5, 0.6) is 0 Å². The molecule has 6 heteroatoms. The van der Waals surface area contributed by atoms with Gasteiger partial charge in [-0.05, 0) is 18.1 Å². The summed E-state index contributed by atoms with van der Waals surface area (Å²) in [7, 11) is 0.